The molecule has 2 amide bonds. The minimum absolute atomic E-state index is 0.103. The molecule has 0 atom stereocenters. The minimum Gasteiger partial charge on any atom is -0.345 e. The van der Waals surface area contributed by atoms with Crippen LogP contribution in [0.2, 0.25) is 0 Å². The highest BCUT2D eigenvalue weighted by molar-refractivity contribution is 6.00. The van der Waals surface area contributed by atoms with Crippen LogP contribution in [0.15, 0.2) is 84.9 Å². The average Bonchev–Trinajstić information content (AvgIpc) is 2.69. The Balaban J connectivity index is 1.90. The number of nitrogens with zero attached hydrogens (tertiary/aromatic N) is 1. The van der Waals surface area contributed by atoms with Crippen molar-refractivity contribution in [3.63, 3.8) is 0 Å². The molecule has 0 saturated carbocycles. The SMILES string of the molecule is CN(C)C(=O)c1cccc(NC(=O)C(c2ccccc2)c2ccccc2)c1. The predicted octanol–water partition coefficient (Wildman–Crippen LogP) is 4.16. The molecule has 0 unspecified atom stereocenters. The van der Waals surface area contributed by atoms with Crippen molar-refractivity contribution in [3.05, 3.63) is 102 Å². The Morgan fingerprint density at radius 3 is 1.85 bits per heavy atom. The molecule has 0 heterocycles. The van der Waals surface area contributed by atoms with Gasteiger partial charge in [0.25, 0.3) is 5.91 Å². The van der Waals surface area contributed by atoms with Crippen molar-refractivity contribution in [3.8, 4) is 0 Å². The normalized spacial score (nSPS) is 10.5. The number of benzene rings is 3. The Morgan fingerprint density at radius 1 is 0.778 bits per heavy atom. The highest BCUT2D eigenvalue weighted by Gasteiger charge is 2.22. The quantitative estimate of drug-likeness (QED) is 0.744. The second kappa shape index (κ2) is 8.32. The van der Waals surface area contributed by atoms with Crippen LogP contribution in [0.3, 0.4) is 0 Å². The molecule has 0 aliphatic heterocycles. The molecule has 0 aromatic heterocycles. The van der Waals surface area contributed by atoms with Crippen LogP contribution in [0.1, 0.15) is 27.4 Å². The number of amides is 2. The molecule has 0 fully saturated rings. The van der Waals surface area contributed by atoms with Gasteiger partial charge in [-0.15, -0.1) is 0 Å². The van der Waals surface area contributed by atoms with Crippen molar-refractivity contribution >= 4 is 17.5 Å². The highest BCUT2D eigenvalue weighted by atomic mass is 16.2. The fraction of sp³-hybridized carbons (Fsp3) is 0.130. The zero-order valence-electron chi connectivity index (χ0n) is 15.4. The summed E-state index contributed by atoms with van der Waals surface area (Å²) in [7, 11) is 3.41. The zero-order valence-corrected chi connectivity index (χ0v) is 15.4. The largest absolute Gasteiger partial charge is 0.345 e. The summed E-state index contributed by atoms with van der Waals surface area (Å²) in [5, 5.41) is 2.96. The molecule has 136 valence electrons. The van der Waals surface area contributed by atoms with Gasteiger partial charge in [0.1, 0.15) is 0 Å². The van der Waals surface area contributed by atoms with E-state index in [1.807, 2.05) is 60.7 Å². The number of anilines is 1. The van der Waals surface area contributed by atoms with Gasteiger partial charge in [-0.1, -0.05) is 66.7 Å². The number of hydrogen-bond acceptors (Lipinski definition) is 2. The number of hydrogen-bond donors (Lipinski definition) is 1. The Labute approximate surface area is 159 Å². The number of rotatable bonds is 5. The van der Waals surface area contributed by atoms with Crippen LogP contribution >= 0.6 is 0 Å². The molecular weight excluding hydrogens is 336 g/mol. The van der Waals surface area contributed by atoms with Crippen molar-refractivity contribution in [1.82, 2.24) is 4.90 Å². The van der Waals surface area contributed by atoms with Gasteiger partial charge in [0.2, 0.25) is 5.91 Å². The first-order chi connectivity index (χ1) is 13.1. The molecule has 0 aliphatic carbocycles. The maximum absolute atomic E-state index is 13.1. The molecule has 3 aromatic rings. The molecule has 27 heavy (non-hydrogen) atoms. The molecule has 0 radical (unpaired) electrons. The van der Waals surface area contributed by atoms with Gasteiger partial charge < -0.3 is 10.2 Å². The Hall–Kier alpha value is -3.40. The van der Waals surface area contributed by atoms with Crippen molar-refractivity contribution in [2.45, 2.75) is 5.92 Å². The fourth-order valence-corrected chi connectivity index (χ4v) is 2.99. The van der Waals surface area contributed by atoms with Crippen molar-refractivity contribution in [2.24, 2.45) is 0 Å². The second-order valence-corrected chi connectivity index (χ2v) is 6.52. The van der Waals surface area contributed by atoms with Gasteiger partial charge in [0.15, 0.2) is 0 Å². The van der Waals surface area contributed by atoms with Gasteiger partial charge in [0, 0.05) is 25.3 Å². The summed E-state index contributed by atoms with van der Waals surface area (Å²) < 4.78 is 0. The van der Waals surface area contributed by atoms with Crippen LogP contribution in [0.5, 0.6) is 0 Å². The predicted molar refractivity (Wildman–Crippen MR) is 108 cm³/mol. The lowest BCUT2D eigenvalue weighted by Crippen LogP contribution is -2.23. The van der Waals surface area contributed by atoms with Gasteiger partial charge in [-0.05, 0) is 29.3 Å². The summed E-state index contributed by atoms with van der Waals surface area (Å²) in [6, 6.07) is 26.4. The van der Waals surface area contributed by atoms with Crippen LogP contribution in [0, 0.1) is 0 Å². The number of carbonyl (C=O) groups is 2. The minimum atomic E-state index is -0.430. The number of nitrogens with one attached hydrogen (secondary N) is 1. The third kappa shape index (κ3) is 4.42. The topological polar surface area (TPSA) is 49.4 Å². The van der Waals surface area contributed by atoms with Gasteiger partial charge in [-0.2, -0.15) is 0 Å². The van der Waals surface area contributed by atoms with Crippen molar-refractivity contribution < 1.29 is 9.59 Å². The van der Waals surface area contributed by atoms with E-state index < -0.39 is 5.92 Å². The molecule has 3 rings (SSSR count). The zero-order chi connectivity index (χ0) is 19.2. The first kappa shape index (κ1) is 18.4. The second-order valence-electron chi connectivity index (χ2n) is 6.52. The van der Waals surface area contributed by atoms with E-state index in [-0.39, 0.29) is 11.8 Å². The molecule has 1 N–H and O–H groups in total. The third-order valence-electron chi connectivity index (χ3n) is 4.31. The van der Waals surface area contributed by atoms with E-state index in [2.05, 4.69) is 5.32 Å². The van der Waals surface area contributed by atoms with Crippen LogP contribution in [-0.4, -0.2) is 30.8 Å². The van der Waals surface area contributed by atoms with Crippen LogP contribution in [-0.2, 0) is 4.79 Å². The van der Waals surface area contributed by atoms with Gasteiger partial charge in [0.05, 0.1) is 5.92 Å². The Morgan fingerprint density at radius 2 is 1.33 bits per heavy atom. The number of carbonyl (C=O) groups excluding carboxylic acids is 2. The summed E-state index contributed by atoms with van der Waals surface area (Å²) in [6.07, 6.45) is 0. The van der Waals surface area contributed by atoms with E-state index in [4.69, 9.17) is 0 Å². The maximum Gasteiger partial charge on any atom is 0.253 e. The molecule has 0 bridgehead atoms. The van der Waals surface area contributed by atoms with E-state index in [0.29, 0.717) is 11.3 Å². The first-order valence-corrected chi connectivity index (χ1v) is 8.79. The molecular formula is C23H22N2O2. The molecule has 4 nitrogen and oxygen atoms in total. The van der Waals surface area contributed by atoms with Crippen LogP contribution in [0.4, 0.5) is 5.69 Å². The third-order valence-corrected chi connectivity index (χ3v) is 4.31. The summed E-state index contributed by atoms with van der Waals surface area (Å²) in [6.45, 7) is 0. The summed E-state index contributed by atoms with van der Waals surface area (Å²) in [5.41, 5.74) is 2.97. The lowest BCUT2D eigenvalue weighted by Gasteiger charge is -2.18. The van der Waals surface area contributed by atoms with E-state index in [1.165, 1.54) is 4.90 Å². The fourth-order valence-electron chi connectivity index (χ4n) is 2.99. The highest BCUT2D eigenvalue weighted by Crippen LogP contribution is 2.26. The molecule has 0 saturated heterocycles. The molecule has 0 aliphatic rings. The Bertz CT molecular complexity index is 882. The van der Waals surface area contributed by atoms with E-state index in [9.17, 15) is 9.59 Å². The lowest BCUT2D eigenvalue weighted by molar-refractivity contribution is -0.116. The molecule has 0 spiro atoms. The molecule has 3 aromatic carbocycles. The van der Waals surface area contributed by atoms with Crippen LogP contribution in [0.25, 0.3) is 0 Å². The van der Waals surface area contributed by atoms with Crippen LogP contribution < -0.4 is 5.32 Å². The van der Waals surface area contributed by atoms with Gasteiger partial charge >= 0.3 is 0 Å². The smallest absolute Gasteiger partial charge is 0.253 e. The maximum atomic E-state index is 13.1. The van der Waals surface area contributed by atoms with E-state index in [0.717, 1.165) is 11.1 Å². The van der Waals surface area contributed by atoms with E-state index in [1.54, 1.807) is 38.4 Å². The standard InChI is InChI=1S/C23H22N2O2/c1-25(2)23(27)19-14-9-15-20(16-19)24-22(26)21(17-10-5-3-6-11-17)18-12-7-4-8-13-18/h3-16,21H,1-2H3,(H,24,26). The van der Waals surface area contributed by atoms with Gasteiger partial charge in [-0.25, -0.2) is 0 Å². The van der Waals surface area contributed by atoms with Crippen molar-refractivity contribution in [2.75, 3.05) is 19.4 Å². The summed E-state index contributed by atoms with van der Waals surface area (Å²) in [5.74, 6) is -0.670. The monoisotopic (exact) mass is 358 g/mol. The van der Waals surface area contributed by atoms with Gasteiger partial charge in [-0.3, -0.25) is 9.59 Å². The molecule has 4 heteroatoms. The Kier molecular flexibility index (Phi) is 5.67. The van der Waals surface area contributed by atoms with Crippen molar-refractivity contribution in [1.29, 1.82) is 0 Å². The summed E-state index contributed by atoms with van der Waals surface area (Å²) >= 11 is 0. The average molecular weight is 358 g/mol. The lowest BCUT2D eigenvalue weighted by atomic mass is 9.90. The van der Waals surface area contributed by atoms with E-state index >= 15 is 0 Å². The summed E-state index contributed by atoms with van der Waals surface area (Å²) in [4.78, 5) is 26.8. The first-order valence-electron chi connectivity index (χ1n) is 8.79.